The van der Waals surface area contributed by atoms with Gasteiger partial charge in [0, 0.05) is 110 Å². The van der Waals surface area contributed by atoms with E-state index in [-0.39, 0.29) is 34.0 Å². The van der Waals surface area contributed by atoms with Crippen molar-refractivity contribution in [3.05, 3.63) is 240 Å². The first-order valence-corrected chi connectivity index (χ1v) is 29.0. The lowest BCUT2D eigenvalue weighted by atomic mass is 9.70. The van der Waals surface area contributed by atoms with E-state index in [4.69, 9.17) is 14.6 Å². The van der Waals surface area contributed by atoms with Gasteiger partial charge < -0.3 is 29.7 Å². The normalized spacial score (nSPS) is 15.9. The number of piperidine rings is 3. The van der Waals surface area contributed by atoms with Crippen LogP contribution in [0.4, 0.5) is 11.4 Å². The number of carbonyl (C=O) groups excluding carboxylic acids is 3. The first-order valence-electron chi connectivity index (χ1n) is 29.0. The van der Waals surface area contributed by atoms with Crippen molar-refractivity contribution >= 4 is 29.1 Å². The van der Waals surface area contributed by atoms with E-state index in [1.165, 1.54) is 40.5 Å². The van der Waals surface area contributed by atoms with E-state index in [1.54, 1.807) is 38.6 Å². The number of ketones is 1. The van der Waals surface area contributed by atoms with E-state index in [0.29, 0.717) is 29.9 Å². The van der Waals surface area contributed by atoms with Gasteiger partial charge in [0.25, 0.3) is 0 Å². The minimum absolute atomic E-state index is 0.0159. The van der Waals surface area contributed by atoms with Crippen LogP contribution in [-0.2, 0) is 45.0 Å². The molecule has 0 radical (unpaired) electrons. The van der Waals surface area contributed by atoms with Gasteiger partial charge in [0.05, 0.1) is 29.9 Å². The maximum atomic E-state index is 11.9. The number of hydrogen-bond donors (Lipinski definition) is 2. The lowest BCUT2D eigenvalue weighted by molar-refractivity contribution is 0.0515. The Labute approximate surface area is 487 Å². The first kappa shape index (κ1) is 59.1. The second-order valence-electron chi connectivity index (χ2n) is 21.6. The van der Waals surface area contributed by atoms with Crippen molar-refractivity contribution in [2.75, 3.05) is 68.9 Å². The summed E-state index contributed by atoms with van der Waals surface area (Å²) in [6, 6.07) is 53.0. The number of Topliss-reactive ketones (excluding diaryl/α,β-unsaturated/α-hetero) is 1. The van der Waals surface area contributed by atoms with Crippen LogP contribution in [0.25, 0.3) is 0 Å². The number of benzene rings is 5. The first-order chi connectivity index (χ1) is 40.6. The maximum absolute atomic E-state index is 11.9. The number of aromatic nitrogens is 6. The molecule has 3 fully saturated rings. The Hall–Kier alpha value is -8.53. The Kier molecular flexibility index (Phi) is 20.6. The third kappa shape index (κ3) is 15.3. The molecular formula is C68H75N9O6. The molecule has 0 spiro atoms. The number of carbonyl (C=O) groups is 3. The third-order valence-corrected chi connectivity index (χ3v) is 16.5. The molecule has 0 amide bonds. The SMILES string of the molecule is CCOC(=O)c1cnc(CC2(c3ccccc3)CCN(c3ccccc3)CC2)nc1.CCOC(=O)c1cnc(CC2(c3ccccc3)CCNCC2)nc1.O=C(CO)c1cnc(CC2(c3ccccc3)CCN(c3ccccc3)CC2)nc1. The lowest BCUT2D eigenvalue weighted by Gasteiger charge is -2.43. The van der Waals surface area contributed by atoms with Crippen LogP contribution >= 0.6 is 0 Å². The minimum Gasteiger partial charge on any atom is -0.462 e. The van der Waals surface area contributed by atoms with E-state index in [9.17, 15) is 14.4 Å². The van der Waals surface area contributed by atoms with Crippen LogP contribution in [0.5, 0.6) is 0 Å². The number of ether oxygens (including phenoxy) is 2. The predicted molar refractivity (Wildman–Crippen MR) is 323 cm³/mol. The van der Waals surface area contributed by atoms with Gasteiger partial charge in [-0.1, -0.05) is 127 Å². The van der Waals surface area contributed by atoms with Gasteiger partial charge in [0.15, 0.2) is 5.78 Å². The van der Waals surface area contributed by atoms with Crippen molar-refractivity contribution in [1.82, 2.24) is 35.2 Å². The minimum atomic E-state index is -0.522. The zero-order valence-electron chi connectivity index (χ0n) is 47.7. The quantitative estimate of drug-likeness (QED) is 0.0648. The molecule has 3 saturated heterocycles. The highest BCUT2D eigenvalue weighted by atomic mass is 16.5. The largest absolute Gasteiger partial charge is 0.462 e. The second-order valence-corrected chi connectivity index (χ2v) is 21.6. The average molecular weight is 1110 g/mol. The number of nitrogens with zero attached hydrogens (tertiary/aromatic N) is 8. The van der Waals surface area contributed by atoms with Gasteiger partial charge in [-0.05, 0) is 106 Å². The van der Waals surface area contributed by atoms with Crippen molar-refractivity contribution in [2.45, 2.75) is 87.9 Å². The van der Waals surface area contributed by atoms with E-state index in [2.05, 4.69) is 178 Å². The third-order valence-electron chi connectivity index (χ3n) is 16.5. The van der Waals surface area contributed by atoms with Crippen molar-refractivity contribution in [3.8, 4) is 0 Å². The van der Waals surface area contributed by atoms with Crippen LogP contribution in [0.15, 0.2) is 189 Å². The zero-order valence-corrected chi connectivity index (χ0v) is 47.7. The molecule has 3 aliphatic rings. The topological polar surface area (TPSA) is 186 Å². The molecule has 11 rings (SSSR count). The molecule has 8 aromatic rings. The van der Waals surface area contributed by atoms with E-state index < -0.39 is 6.61 Å². The molecule has 15 heteroatoms. The molecule has 6 heterocycles. The summed E-state index contributed by atoms with van der Waals surface area (Å²) < 4.78 is 10.0. The van der Waals surface area contributed by atoms with Crippen molar-refractivity contribution in [2.24, 2.45) is 0 Å². The smallest absolute Gasteiger partial charge is 0.341 e. The fraction of sp³-hybridized carbons (Fsp3) is 0.338. The highest BCUT2D eigenvalue weighted by Gasteiger charge is 2.39. The molecule has 15 nitrogen and oxygen atoms in total. The summed E-state index contributed by atoms with van der Waals surface area (Å²) in [5.41, 5.74) is 7.67. The van der Waals surface area contributed by atoms with Crippen LogP contribution < -0.4 is 15.1 Å². The van der Waals surface area contributed by atoms with Crippen LogP contribution in [0.1, 0.15) is 118 Å². The van der Waals surface area contributed by atoms with Gasteiger partial charge in [-0.2, -0.15) is 0 Å². The van der Waals surface area contributed by atoms with Crippen molar-refractivity contribution in [1.29, 1.82) is 0 Å². The summed E-state index contributed by atoms with van der Waals surface area (Å²) in [6.07, 6.45) is 17.8. The molecule has 5 aromatic carbocycles. The Bertz CT molecular complexity index is 3250. The molecule has 0 aliphatic carbocycles. The molecule has 0 bridgehead atoms. The molecular weight excluding hydrogens is 1040 g/mol. The summed E-state index contributed by atoms with van der Waals surface area (Å²) in [6.45, 7) is 9.66. The van der Waals surface area contributed by atoms with Gasteiger partial charge in [-0.3, -0.25) is 4.79 Å². The fourth-order valence-corrected chi connectivity index (χ4v) is 11.8. The Morgan fingerprint density at radius 1 is 0.434 bits per heavy atom. The van der Waals surface area contributed by atoms with Crippen LogP contribution in [-0.4, -0.2) is 112 Å². The Morgan fingerprint density at radius 3 is 1.02 bits per heavy atom. The number of rotatable bonds is 17. The van der Waals surface area contributed by atoms with E-state index in [1.807, 2.05) is 18.2 Å². The van der Waals surface area contributed by atoms with Gasteiger partial charge in [-0.15, -0.1) is 0 Å². The monoisotopic (exact) mass is 1110 g/mol. The number of aliphatic hydroxyl groups excluding tert-OH is 1. The molecule has 0 saturated carbocycles. The van der Waals surface area contributed by atoms with Crippen LogP contribution in [0.2, 0.25) is 0 Å². The van der Waals surface area contributed by atoms with Gasteiger partial charge in [0.2, 0.25) is 0 Å². The zero-order chi connectivity index (χ0) is 57.7. The molecule has 428 valence electrons. The molecule has 83 heavy (non-hydrogen) atoms. The van der Waals surface area contributed by atoms with Crippen molar-refractivity contribution < 1.29 is 29.0 Å². The summed E-state index contributed by atoms with van der Waals surface area (Å²) in [4.78, 5) is 66.8. The van der Waals surface area contributed by atoms with Crippen LogP contribution in [0, 0.1) is 0 Å². The highest BCUT2D eigenvalue weighted by Crippen LogP contribution is 2.41. The Morgan fingerprint density at radius 2 is 0.723 bits per heavy atom. The number of anilines is 2. The van der Waals surface area contributed by atoms with E-state index >= 15 is 0 Å². The standard InChI is InChI=1S/C25H27N3O2.C24H25N3O2.C19H23N3O2/c1-2-30-24(29)20-18-26-23(27-19-20)17-25(21-9-5-3-6-10-21)13-15-28(16-14-25)22-11-7-4-8-12-22;28-18-22(29)19-16-25-23(26-17-19)15-24(20-7-3-1-4-8-20)11-13-27(14-12-24)21-9-5-2-6-10-21;1-2-24-18(23)15-13-21-17(22-14-15)12-19(8-10-20-11-9-19)16-6-4-3-5-7-16/h3-12,18-19H,2,13-17H2,1H3;1-10,16-17,28H,11-15,18H2;3-7,13-14,20H,2,8-12H2,1H3. The van der Waals surface area contributed by atoms with Gasteiger partial charge in [-0.25, -0.2) is 39.5 Å². The lowest BCUT2D eigenvalue weighted by Crippen LogP contribution is -2.44. The number of esters is 2. The summed E-state index contributed by atoms with van der Waals surface area (Å²) in [5.74, 6) is 1.16. The number of aliphatic hydroxyl groups is 1. The summed E-state index contributed by atoms with van der Waals surface area (Å²) in [5, 5.41) is 12.4. The Balaban J connectivity index is 0.000000151. The molecule has 0 unspecified atom stereocenters. The molecule has 3 aromatic heterocycles. The number of para-hydroxylation sites is 2. The predicted octanol–water partition coefficient (Wildman–Crippen LogP) is 10.4. The highest BCUT2D eigenvalue weighted by molar-refractivity contribution is 5.96. The molecule has 3 aliphatic heterocycles. The molecule has 2 N–H and O–H groups in total. The summed E-state index contributed by atoms with van der Waals surface area (Å²) >= 11 is 0. The summed E-state index contributed by atoms with van der Waals surface area (Å²) in [7, 11) is 0. The second kappa shape index (κ2) is 28.9. The maximum Gasteiger partial charge on any atom is 0.341 e. The van der Waals surface area contributed by atoms with Gasteiger partial charge >= 0.3 is 11.9 Å². The number of nitrogens with one attached hydrogen (secondary N) is 1. The average Bonchev–Trinajstić information content (AvgIpc) is 3.66. The van der Waals surface area contributed by atoms with Crippen LogP contribution in [0.3, 0.4) is 0 Å². The van der Waals surface area contributed by atoms with Crippen molar-refractivity contribution in [3.63, 3.8) is 0 Å². The molecule has 0 atom stereocenters. The number of hydrogen-bond acceptors (Lipinski definition) is 15. The fourth-order valence-electron chi connectivity index (χ4n) is 11.8. The van der Waals surface area contributed by atoms with Gasteiger partial charge in [0.1, 0.15) is 24.1 Å². The van der Waals surface area contributed by atoms with E-state index in [0.717, 1.165) is 115 Å².